The van der Waals surface area contributed by atoms with Gasteiger partial charge in [0.25, 0.3) is 0 Å². The van der Waals surface area contributed by atoms with Crippen molar-refractivity contribution < 1.29 is 46.7 Å². The molecule has 0 fully saturated rings. The molecule has 0 saturated carbocycles. The molecule has 0 amide bonds. The Morgan fingerprint density at radius 2 is 0.943 bits per heavy atom. The van der Waals surface area contributed by atoms with Crippen LogP contribution in [0, 0.1) is 0 Å². The summed E-state index contributed by atoms with van der Waals surface area (Å²) in [5, 5.41) is 0. The Bertz CT molecular complexity index is 1220. The van der Waals surface area contributed by atoms with E-state index in [0.29, 0.717) is 18.9 Å². The highest BCUT2D eigenvalue weighted by Gasteiger charge is 2.34. The second-order valence-electron chi connectivity index (χ2n) is 6.79. The van der Waals surface area contributed by atoms with E-state index in [1.807, 2.05) is 0 Å². The van der Waals surface area contributed by atoms with E-state index in [1.165, 1.54) is 75.9 Å². The summed E-state index contributed by atoms with van der Waals surface area (Å²) in [5.41, 5.74) is 0.638. The molecule has 0 radical (unpaired) electrons. The molecular weight excluding hydrogens is 479 g/mol. The molecule has 3 aromatic rings. The number of ether oxygens (including phenoxy) is 3. The summed E-state index contributed by atoms with van der Waals surface area (Å²) in [6.45, 7) is 0. The lowest BCUT2D eigenvalue weighted by Crippen LogP contribution is -2.08. The Kier molecular flexibility index (Phi) is 8.12. The van der Waals surface area contributed by atoms with E-state index in [2.05, 4.69) is 0 Å². The second kappa shape index (κ2) is 11.2. The monoisotopic (exact) mass is 500 g/mol. The van der Waals surface area contributed by atoms with E-state index >= 15 is 0 Å². The largest absolute Gasteiger partial charge is 0.647 e. The minimum Gasteiger partial charge on any atom is -0.496 e. The van der Waals surface area contributed by atoms with Crippen LogP contribution in [0.5, 0.6) is 34.5 Å². The van der Waals surface area contributed by atoms with Gasteiger partial charge >= 0.3 is 7.82 Å². The lowest BCUT2D eigenvalue weighted by molar-refractivity contribution is 0.111. The predicted molar refractivity (Wildman–Crippen MR) is 125 cm³/mol. The molecule has 0 bridgehead atoms. The number of hydrogen-bond donors (Lipinski definition) is 0. The zero-order valence-electron chi connectivity index (χ0n) is 19.0. The van der Waals surface area contributed by atoms with Crippen LogP contribution in [0.25, 0.3) is 0 Å². The fourth-order valence-corrected chi connectivity index (χ4v) is 4.22. The normalized spacial score (nSPS) is 10.6. The summed E-state index contributed by atoms with van der Waals surface area (Å²) < 4.78 is 46.0. The predicted octanol–water partition coefficient (Wildman–Crippen LogP) is 4.79. The van der Waals surface area contributed by atoms with Crippen LogP contribution in [-0.2, 0) is 4.57 Å². The zero-order chi connectivity index (χ0) is 25.4. The molecule has 0 atom stereocenters. The molecule has 0 unspecified atom stereocenters. The van der Waals surface area contributed by atoms with Gasteiger partial charge in [0.1, 0.15) is 34.5 Å². The third-order valence-corrected chi connectivity index (χ3v) is 5.95. The summed E-state index contributed by atoms with van der Waals surface area (Å²) in [6, 6.07) is 12.4. The number of methoxy groups -OCH3 is 3. The quantitative estimate of drug-likeness (QED) is 0.253. The number of phosphoric ester groups is 1. The zero-order valence-corrected chi connectivity index (χ0v) is 19.9. The maximum Gasteiger partial charge on any atom is 0.647 e. The van der Waals surface area contributed by atoms with E-state index in [-0.39, 0.29) is 51.2 Å². The SMILES string of the molecule is COc1ccc(OP(=O)(Oc2ccc(C=O)c(OC)c2)Oc2ccc(C=O)c(OC)c2)cc1C=O. The van der Waals surface area contributed by atoms with Gasteiger partial charge < -0.3 is 27.8 Å². The third-order valence-electron chi connectivity index (χ3n) is 4.64. The first-order chi connectivity index (χ1) is 16.9. The van der Waals surface area contributed by atoms with Crippen molar-refractivity contribution in [2.75, 3.05) is 21.3 Å². The first-order valence-electron chi connectivity index (χ1n) is 9.97. The van der Waals surface area contributed by atoms with E-state index in [0.717, 1.165) is 0 Å². The first kappa shape index (κ1) is 25.3. The summed E-state index contributed by atoms with van der Waals surface area (Å²) in [7, 11) is -0.378. The van der Waals surface area contributed by atoms with Crippen LogP contribution in [0.3, 0.4) is 0 Å². The Morgan fingerprint density at radius 3 is 1.34 bits per heavy atom. The topological polar surface area (TPSA) is 124 Å². The van der Waals surface area contributed by atoms with Gasteiger partial charge in [-0.25, -0.2) is 0 Å². The standard InChI is InChI=1S/C24H21O10P/c1-29-22-9-8-19(10-18(22)15-27)32-35(28,33-20-6-4-16(13-25)23(11-20)30-2)34-21-7-5-17(14-26)24(12-21)31-3/h4-15H,1-3H3. The number of phosphoric acid groups is 1. The molecule has 0 saturated heterocycles. The third kappa shape index (κ3) is 5.99. The maximum absolute atomic E-state index is 13.8. The molecule has 0 N–H and O–H groups in total. The lowest BCUT2D eigenvalue weighted by atomic mass is 10.2. The van der Waals surface area contributed by atoms with E-state index < -0.39 is 7.82 Å². The van der Waals surface area contributed by atoms with Crippen molar-refractivity contribution in [3.63, 3.8) is 0 Å². The molecule has 0 aliphatic carbocycles. The van der Waals surface area contributed by atoms with E-state index in [4.69, 9.17) is 27.8 Å². The molecule has 3 rings (SSSR count). The number of aldehydes is 3. The molecule has 0 aliphatic rings. The molecule has 0 heterocycles. The highest BCUT2D eigenvalue weighted by atomic mass is 31.2. The molecule has 182 valence electrons. The van der Waals surface area contributed by atoms with Gasteiger partial charge in [-0.1, -0.05) is 0 Å². The van der Waals surface area contributed by atoms with Crippen molar-refractivity contribution in [3.05, 3.63) is 71.3 Å². The first-order valence-corrected chi connectivity index (χ1v) is 11.4. The van der Waals surface area contributed by atoms with Gasteiger partial charge in [0.15, 0.2) is 18.9 Å². The van der Waals surface area contributed by atoms with Crippen molar-refractivity contribution in [3.8, 4) is 34.5 Å². The van der Waals surface area contributed by atoms with Crippen LogP contribution >= 0.6 is 7.82 Å². The molecular formula is C24H21O10P. The Morgan fingerprint density at radius 1 is 0.543 bits per heavy atom. The van der Waals surface area contributed by atoms with Crippen LogP contribution < -0.4 is 27.8 Å². The van der Waals surface area contributed by atoms with Crippen molar-refractivity contribution >= 4 is 26.7 Å². The van der Waals surface area contributed by atoms with E-state index in [9.17, 15) is 18.9 Å². The summed E-state index contributed by atoms with van der Waals surface area (Å²) >= 11 is 0. The Balaban J connectivity index is 2.02. The fraction of sp³-hybridized carbons (Fsp3) is 0.125. The van der Waals surface area contributed by atoms with Gasteiger partial charge in [-0.05, 0) is 42.5 Å². The van der Waals surface area contributed by atoms with Gasteiger partial charge in [-0.3, -0.25) is 14.4 Å². The molecule has 3 aromatic carbocycles. The molecule has 11 heteroatoms. The molecule has 10 nitrogen and oxygen atoms in total. The lowest BCUT2D eigenvalue weighted by Gasteiger charge is -2.20. The number of hydrogen-bond acceptors (Lipinski definition) is 10. The van der Waals surface area contributed by atoms with Gasteiger partial charge in [0, 0.05) is 12.1 Å². The highest BCUT2D eigenvalue weighted by Crippen LogP contribution is 2.51. The van der Waals surface area contributed by atoms with Crippen molar-refractivity contribution in [1.82, 2.24) is 0 Å². The number of carbonyl (C=O) groups excluding carboxylic acids is 3. The number of carbonyl (C=O) groups is 3. The Hall–Kier alpha value is -4.30. The van der Waals surface area contributed by atoms with Crippen molar-refractivity contribution in [2.45, 2.75) is 0 Å². The maximum atomic E-state index is 13.8. The van der Waals surface area contributed by atoms with Crippen LogP contribution in [0.4, 0.5) is 0 Å². The van der Waals surface area contributed by atoms with Crippen LogP contribution in [-0.4, -0.2) is 40.2 Å². The number of benzene rings is 3. The fourth-order valence-electron chi connectivity index (χ4n) is 3.00. The van der Waals surface area contributed by atoms with Gasteiger partial charge in [0.05, 0.1) is 38.0 Å². The van der Waals surface area contributed by atoms with Gasteiger partial charge in [-0.2, -0.15) is 4.57 Å². The Labute approximate surface area is 200 Å². The summed E-state index contributed by atoms with van der Waals surface area (Å²) in [6.07, 6.45) is 1.73. The van der Waals surface area contributed by atoms with Crippen molar-refractivity contribution in [1.29, 1.82) is 0 Å². The molecule has 0 aromatic heterocycles. The average molecular weight is 500 g/mol. The van der Waals surface area contributed by atoms with Crippen LogP contribution in [0.1, 0.15) is 31.1 Å². The highest BCUT2D eigenvalue weighted by molar-refractivity contribution is 7.49. The number of rotatable bonds is 12. The minimum absolute atomic E-state index is 0.0100. The average Bonchev–Trinajstić information content (AvgIpc) is 2.88. The smallest absolute Gasteiger partial charge is 0.496 e. The van der Waals surface area contributed by atoms with Gasteiger partial charge in [-0.15, -0.1) is 0 Å². The molecule has 0 spiro atoms. The summed E-state index contributed by atoms with van der Waals surface area (Å²) in [4.78, 5) is 33.8. The molecule has 0 aliphatic heterocycles. The van der Waals surface area contributed by atoms with Gasteiger partial charge in [0.2, 0.25) is 0 Å². The van der Waals surface area contributed by atoms with Crippen LogP contribution in [0.2, 0.25) is 0 Å². The molecule has 35 heavy (non-hydrogen) atoms. The second-order valence-corrected chi connectivity index (χ2v) is 8.23. The van der Waals surface area contributed by atoms with Crippen molar-refractivity contribution in [2.24, 2.45) is 0 Å². The summed E-state index contributed by atoms with van der Waals surface area (Å²) in [5.74, 6) is 0.645. The minimum atomic E-state index is -4.49. The van der Waals surface area contributed by atoms with Crippen LogP contribution in [0.15, 0.2) is 54.6 Å². The van der Waals surface area contributed by atoms with E-state index in [1.54, 1.807) is 0 Å².